The molecule has 2 aromatic heterocycles. The molecule has 0 radical (unpaired) electrons. The van der Waals surface area contributed by atoms with E-state index in [2.05, 4.69) is 54.8 Å². The van der Waals surface area contributed by atoms with E-state index in [1.165, 1.54) is 5.56 Å². The van der Waals surface area contributed by atoms with Gasteiger partial charge in [0.1, 0.15) is 11.9 Å². The van der Waals surface area contributed by atoms with E-state index in [0.29, 0.717) is 11.2 Å². The maximum Gasteiger partial charge on any atom is 0.157 e. The number of hydrogen-bond donors (Lipinski definition) is 1. The number of pyridine rings is 1. The predicted octanol–water partition coefficient (Wildman–Crippen LogP) is 5.66. The van der Waals surface area contributed by atoms with E-state index in [4.69, 9.17) is 4.98 Å². The summed E-state index contributed by atoms with van der Waals surface area (Å²) in [6.07, 6.45) is 0. The number of nitriles is 1. The Kier molecular flexibility index (Phi) is 4.29. The number of benzene rings is 2. The SMILES string of the molecule is CC(C)c1cc(NC(C)c2ccccc2)n2c(nc3ccccc32)c1C#N. The molecule has 134 valence electrons. The number of imidazole rings is 1. The van der Waals surface area contributed by atoms with Crippen molar-refractivity contribution in [3.05, 3.63) is 77.4 Å². The monoisotopic (exact) mass is 354 g/mol. The van der Waals surface area contributed by atoms with Crippen LogP contribution < -0.4 is 5.32 Å². The third-order valence-electron chi connectivity index (χ3n) is 5.00. The Morgan fingerprint density at radius 3 is 2.41 bits per heavy atom. The largest absolute Gasteiger partial charge is 0.365 e. The van der Waals surface area contributed by atoms with Crippen LogP contribution in [0.15, 0.2) is 60.7 Å². The lowest BCUT2D eigenvalue weighted by Gasteiger charge is -2.20. The highest BCUT2D eigenvalue weighted by atomic mass is 15.1. The maximum atomic E-state index is 9.82. The average Bonchev–Trinajstić information content (AvgIpc) is 3.08. The first-order valence-corrected chi connectivity index (χ1v) is 9.26. The molecule has 4 aromatic rings. The van der Waals surface area contributed by atoms with Crippen LogP contribution in [0, 0.1) is 11.3 Å². The van der Waals surface area contributed by atoms with E-state index in [0.717, 1.165) is 22.4 Å². The quantitative estimate of drug-likeness (QED) is 0.515. The fraction of sp³-hybridized carbons (Fsp3) is 0.217. The minimum absolute atomic E-state index is 0.128. The fourth-order valence-corrected chi connectivity index (χ4v) is 3.57. The Bertz CT molecular complexity index is 1150. The minimum atomic E-state index is 0.128. The zero-order chi connectivity index (χ0) is 19.0. The van der Waals surface area contributed by atoms with E-state index < -0.39 is 0 Å². The number of hydrogen-bond acceptors (Lipinski definition) is 3. The van der Waals surface area contributed by atoms with Gasteiger partial charge in [0.05, 0.1) is 16.6 Å². The lowest BCUT2D eigenvalue weighted by Crippen LogP contribution is -2.11. The van der Waals surface area contributed by atoms with E-state index in [-0.39, 0.29) is 12.0 Å². The molecule has 0 bridgehead atoms. The highest BCUT2D eigenvalue weighted by Crippen LogP contribution is 2.32. The molecular formula is C23H22N4. The number of nitrogens with one attached hydrogen (secondary N) is 1. The second kappa shape index (κ2) is 6.77. The molecule has 1 unspecified atom stereocenters. The minimum Gasteiger partial charge on any atom is -0.365 e. The van der Waals surface area contributed by atoms with Gasteiger partial charge in [0.25, 0.3) is 0 Å². The fourth-order valence-electron chi connectivity index (χ4n) is 3.57. The summed E-state index contributed by atoms with van der Waals surface area (Å²) in [5.74, 6) is 1.19. The first kappa shape index (κ1) is 17.1. The molecule has 0 saturated carbocycles. The molecule has 4 rings (SSSR count). The normalized spacial score (nSPS) is 12.4. The summed E-state index contributed by atoms with van der Waals surface area (Å²) in [4.78, 5) is 4.77. The number of aromatic nitrogens is 2. The van der Waals surface area contributed by atoms with Crippen LogP contribution in [0.1, 0.15) is 49.4 Å². The molecule has 1 atom stereocenters. The zero-order valence-corrected chi connectivity index (χ0v) is 15.8. The van der Waals surface area contributed by atoms with Crippen LogP contribution in [0.2, 0.25) is 0 Å². The molecule has 0 aliphatic rings. The molecule has 4 nitrogen and oxygen atoms in total. The molecule has 0 saturated heterocycles. The van der Waals surface area contributed by atoms with Crippen LogP contribution in [0.25, 0.3) is 16.7 Å². The number of nitrogens with zero attached hydrogens (tertiary/aromatic N) is 3. The van der Waals surface area contributed by atoms with E-state index in [1.807, 2.05) is 42.5 Å². The van der Waals surface area contributed by atoms with Crippen molar-refractivity contribution in [2.45, 2.75) is 32.7 Å². The van der Waals surface area contributed by atoms with Crippen molar-refractivity contribution in [2.24, 2.45) is 0 Å². The van der Waals surface area contributed by atoms with Crippen LogP contribution in [0.5, 0.6) is 0 Å². The summed E-state index contributed by atoms with van der Waals surface area (Å²) in [6, 6.07) is 23.0. The van der Waals surface area contributed by atoms with Crippen molar-refractivity contribution in [2.75, 3.05) is 5.32 Å². The summed E-state index contributed by atoms with van der Waals surface area (Å²) in [7, 11) is 0. The lowest BCUT2D eigenvalue weighted by atomic mass is 9.98. The van der Waals surface area contributed by atoms with Gasteiger partial charge >= 0.3 is 0 Å². The van der Waals surface area contributed by atoms with Gasteiger partial charge in [-0.2, -0.15) is 5.26 Å². The van der Waals surface area contributed by atoms with Gasteiger partial charge in [-0.05, 0) is 42.2 Å². The molecule has 0 fully saturated rings. The van der Waals surface area contributed by atoms with Crippen molar-refractivity contribution in [3.63, 3.8) is 0 Å². The van der Waals surface area contributed by atoms with Gasteiger partial charge in [-0.1, -0.05) is 56.3 Å². The summed E-state index contributed by atoms with van der Waals surface area (Å²) < 4.78 is 2.07. The van der Waals surface area contributed by atoms with Crippen LogP contribution in [0.4, 0.5) is 5.82 Å². The predicted molar refractivity (Wildman–Crippen MR) is 110 cm³/mol. The molecule has 2 heterocycles. The first-order valence-electron chi connectivity index (χ1n) is 9.26. The molecule has 0 aliphatic carbocycles. The van der Waals surface area contributed by atoms with E-state index in [9.17, 15) is 5.26 Å². The van der Waals surface area contributed by atoms with E-state index >= 15 is 0 Å². The van der Waals surface area contributed by atoms with Crippen LogP contribution in [-0.2, 0) is 0 Å². The number of fused-ring (bicyclic) bond motifs is 3. The smallest absolute Gasteiger partial charge is 0.157 e. The van der Waals surface area contributed by atoms with Crippen molar-refractivity contribution < 1.29 is 0 Å². The van der Waals surface area contributed by atoms with Gasteiger partial charge < -0.3 is 5.32 Å². The topological polar surface area (TPSA) is 53.1 Å². The van der Waals surface area contributed by atoms with Crippen molar-refractivity contribution in [1.82, 2.24) is 9.38 Å². The standard InChI is InChI=1S/C23H22N4/c1-15(2)18-13-22(25-16(3)17-9-5-4-6-10-17)27-21-12-8-7-11-20(21)26-23(27)19(18)14-24/h4-13,15-16,25H,1-3H3. The van der Waals surface area contributed by atoms with Gasteiger partial charge in [0.15, 0.2) is 5.65 Å². The molecule has 0 amide bonds. The van der Waals surface area contributed by atoms with Crippen LogP contribution in [-0.4, -0.2) is 9.38 Å². The third-order valence-corrected chi connectivity index (χ3v) is 5.00. The third kappa shape index (κ3) is 2.92. The Morgan fingerprint density at radius 2 is 1.70 bits per heavy atom. The van der Waals surface area contributed by atoms with E-state index in [1.54, 1.807) is 0 Å². The second-order valence-corrected chi connectivity index (χ2v) is 7.16. The van der Waals surface area contributed by atoms with Crippen molar-refractivity contribution >= 4 is 22.5 Å². The molecule has 0 spiro atoms. The number of rotatable bonds is 4. The van der Waals surface area contributed by atoms with Gasteiger partial charge in [-0.25, -0.2) is 4.98 Å². The number of anilines is 1. The number of para-hydroxylation sites is 2. The zero-order valence-electron chi connectivity index (χ0n) is 15.8. The molecule has 4 heteroatoms. The molecule has 0 aliphatic heterocycles. The summed E-state index contributed by atoms with van der Waals surface area (Å²) >= 11 is 0. The Balaban J connectivity index is 1.97. The van der Waals surface area contributed by atoms with Gasteiger partial charge in [-0.3, -0.25) is 4.40 Å². The highest BCUT2D eigenvalue weighted by Gasteiger charge is 2.19. The first-order chi connectivity index (χ1) is 13.1. The summed E-state index contributed by atoms with van der Waals surface area (Å²) in [6.45, 7) is 6.37. The second-order valence-electron chi connectivity index (χ2n) is 7.16. The molecule has 2 aromatic carbocycles. The van der Waals surface area contributed by atoms with Crippen molar-refractivity contribution in [3.8, 4) is 6.07 Å². The molecule has 27 heavy (non-hydrogen) atoms. The average molecular weight is 354 g/mol. The summed E-state index contributed by atoms with van der Waals surface area (Å²) in [5.41, 5.74) is 5.49. The van der Waals surface area contributed by atoms with Gasteiger partial charge in [-0.15, -0.1) is 0 Å². The van der Waals surface area contributed by atoms with Crippen LogP contribution >= 0.6 is 0 Å². The van der Waals surface area contributed by atoms with Gasteiger partial charge in [0, 0.05) is 6.04 Å². The highest BCUT2D eigenvalue weighted by molar-refractivity contribution is 5.85. The Morgan fingerprint density at radius 1 is 1.00 bits per heavy atom. The maximum absolute atomic E-state index is 9.82. The summed E-state index contributed by atoms with van der Waals surface area (Å²) in [5, 5.41) is 13.5. The molecular weight excluding hydrogens is 332 g/mol. The van der Waals surface area contributed by atoms with Crippen molar-refractivity contribution in [1.29, 1.82) is 5.26 Å². The van der Waals surface area contributed by atoms with Gasteiger partial charge in [0.2, 0.25) is 0 Å². The Labute approximate surface area is 159 Å². The Hall–Kier alpha value is -3.32. The molecule has 1 N–H and O–H groups in total. The lowest BCUT2D eigenvalue weighted by molar-refractivity contribution is 0.844. The van der Waals surface area contributed by atoms with Crippen LogP contribution in [0.3, 0.4) is 0 Å².